The Kier molecular flexibility index (Phi) is 6.18. The van der Waals surface area contributed by atoms with Crippen LogP contribution in [0.25, 0.3) is 0 Å². The first-order valence-electron chi connectivity index (χ1n) is 5.72. The lowest BCUT2D eigenvalue weighted by Crippen LogP contribution is -2.20. The molecule has 1 heterocycles. The fourth-order valence-corrected chi connectivity index (χ4v) is 1.36. The highest BCUT2D eigenvalue weighted by Gasteiger charge is 2.14. The first kappa shape index (κ1) is 14.5. The summed E-state index contributed by atoms with van der Waals surface area (Å²) in [7, 11) is 1.33. The molecule has 0 fully saturated rings. The molecule has 0 aliphatic carbocycles. The Morgan fingerprint density at radius 1 is 1.56 bits per heavy atom. The van der Waals surface area contributed by atoms with E-state index in [0.29, 0.717) is 26.3 Å². The quantitative estimate of drug-likeness (QED) is 0.434. The maximum atomic E-state index is 11.3. The molecule has 1 rings (SSSR count). The smallest absolute Gasteiger partial charge is 0.374 e. The van der Waals surface area contributed by atoms with Crippen molar-refractivity contribution in [2.45, 2.75) is 13.5 Å². The lowest BCUT2D eigenvalue weighted by Gasteiger charge is -2.05. The lowest BCUT2D eigenvalue weighted by molar-refractivity contribution is 0.0563. The summed E-state index contributed by atoms with van der Waals surface area (Å²) >= 11 is 0. The average Bonchev–Trinajstić information content (AvgIpc) is 2.80. The van der Waals surface area contributed by atoms with Crippen LogP contribution in [0.3, 0.4) is 0 Å². The minimum atomic E-state index is -0.463. The van der Waals surface area contributed by atoms with Crippen LogP contribution in [0.1, 0.15) is 23.0 Å². The molecule has 0 aliphatic rings. The van der Waals surface area contributed by atoms with Crippen LogP contribution in [0, 0.1) is 0 Å². The largest absolute Gasteiger partial charge is 0.463 e. The maximum Gasteiger partial charge on any atom is 0.374 e. The highest BCUT2D eigenvalue weighted by molar-refractivity contribution is 5.87. The molecule has 0 spiro atoms. The third-order valence-electron chi connectivity index (χ3n) is 2.20. The van der Waals surface area contributed by atoms with Gasteiger partial charge in [-0.2, -0.15) is 0 Å². The fourth-order valence-electron chi connectivity index (χ4n) is 1.36. The summed E-state index contributed by atoms with van der Waals surface area (Å²) in [6, 6.07) is 1.74. The van der Waals surface area contributed by atoms with Gasteiger partial charge in [-0.15, -0.1) is 0 Å². The van der Waals surface area contributed by atoms with Crippen molar-refractivity contribution in [3.05, 3.63) is 35.8 Å². The van der Waals surface area contributed by atoms with Gasteiger partial charge in [0.15, 0.2) is 0 Å². The monoisotopic (exact) mass is 253 g/mol. The van der Waals surface area contributed by atoms with Crippen molar-refractivity contribution in [3.8, 4) is 0 Å². The topological polar surface area (TPSA) is 60.7 Å². The van der Waals surface area contributed by atoms with Gasteiger partial charge in [0, 0.05) is 18.7 Å². The molecule has 0 atom stereocenters. The number of nitrogens with one attached hydrogen (secondary N) is 1. The molecular formula is C13H19NO4. The average molecular weight is 253 g/mol. The van der Waals surface area contributed by atoms with E-state index in [-0.39, 0.29) is 5.76 Å². The highest BCUT2D eigenvalue weighted by Crippen LogP contribution is 2.11. The first-order chi connectivity index (χ1) is 8.65. The van der Waals surface area contributed by atoms with Crippen LogP contribution < -0.4 is 5.32 Å². The van der Waals surface area contributed by atoms with Crippen molar-refractivity contribution in [3.63, 3.8) is 0 Å². The Balaban J connectivity index is 2.25. The molecule has 1 aromatic rings. The number of carbonyl (C=O) groups excluding carboxylic acids is 1. The molecular weight excluding hydrogens is 234 g/mol. The van der Waals surface area contributed by atoms with Crippen molar-refractivity contribution in [2.75, 3.05) is 26.9 Å². The number of carbonyl (C=O) groups is 1. The normalized spacial score (nSPS) is 10.3. The predicted molar refractivity (Wildman–Crippen MR) is 67.4 cm³/mol. The second-order valence-corrected chi connectivity index (χ2v) is 3.95. The molecule has 0 bridgehead atoms. The van der Waals surface area contributed by atoms with Gasteiger partial charge in [0.1, 0.15) is 0 Å². The molecule has 1 aromatic heterocycles. The van der Waals surface area contributed by atoms with E-state index in [0.717, 1.165) is 11.1 Å². The van der Waals surface area contributed by atoms with Gasteiger partial charge in [0.25, 0.3) is 0 Å². The van der Waals surface area contributed by atoms with Gasteiger partial charge in [-0.25, -0.2) is 4.79 Å². The molecule has 1 N–H and O–H groups in total. The SMILES string of the molecule is C=C(C)COCCNCc1ccoc1C(=O)OC. The van der Waals surface area contributed by atoms with E-state index in [2.05, 4.69) is 16.6 Å². The molecule has 5 heteroatoms. The molecule has 0 aliphatic heterocycles. The van der Waals surface area contributed by atoms with Crippen LogP contribution in [-0.4, -0.2) is 32.8 Å². The van der Waals surface area contributed by atoms with Gasteiger partial charge in [-0.1, -0.05) is 12.2 Å². The van der Waals surface area contributed by atoms with Crippen molar-refractivity contribution >= 4 is 5.97 Å². The lowest BCUT2D eigenvalue weighted by atomic mass is 10.2. The van der Waals surface area contributed by atoms with E-state index in [1.807, 2.05) is 6.92 Å². The summed E-state index contributed by atoms with van der Waals surface area (Å²) in [4.78, 5) is 11.3. The number of rotatable bonds is 8. The van der Waals surface area contributed by atoms with Crippen LogP contribution in [0.5, 0.6) is 0 Å². The van der Waals surface area contributed by atoms with Gasteiger partial charge in [-0.3, -0.25) is 0 Å². The van der Waals surface area contributed by atoms with Crippen LogP contribution in [-0.2, 0) is 16.0 Å². The van der Waals surface area contributed by atoms with E-state index < -0.39 is 5.97 Å². The van der Waals surface area contributed by atoms with Crippen molar-refractivity contribution in [1.82, 2.24) is 5.32 Å². The van der Waals surface area contributed by atoms with Gasteiger partial charge >= 0.3 is 5.97 Å². The number of methoxy groups -OCH3 is 1. The molecule has 0 radical (unpaired) electrons. The number of ether oxygens (including phenoxy) is 2. The molecule has 0 unspecified atom stereocenters. The minimum absolute atomic E-state index is 0.243. The van der Waals surface area contributed by atoms with Crippen LogP contribution in [0.15, 0.2) is 28.9 Å². The van der Waals surface area contributed by atoms with Crippen molar-refractivity contribution in [1.29, 1.82) is 0 Å². The third-order valence-corrected chi connectivity index (χ3v) is 2.20. The van der Waals surface area contributed by atoms with Gasteiger partial charge in [0.2, 0.25) is 5.76 Å². The van der Waals surface area contributed by atoms with Gasteiger partial charge in [-0.05, 0) is 13.0 Å². The zero-order chi connectivity index (χ0) is 13.4. The van der Waals surface area contributed by atoms with E-state index in [9.17, 15) is 4.79 Å². The summed E-state index contributed by atoms with van der Waals surface area (Å²) in [6.45, 7) is 8.06. The Morgan fingerprint density at radius 3 is 3.00 bits per heavy atom. The highest BCUT2D eigenvalue weighted by atomic mass is 16.5. The van der Waals surface area contributed by atoms with Gasteiger partial charge < -0.3 is 19.2 Å². The molecule has 5 nitrogen and oxygen atoms in total. The molecule has 0 amide bonds. The Hall–Kier alpha value is -1.59. The Labute approximate surface area is 107 Å². The van der Waals surface area contributed by atoms with Crippen LogP contribution in [0.4, 0.5) is 0 Å². The minimum Gasteiger partial charge on any atom is -0.463 e. The summed E-state index contributed by atoms with van der Waals surface area (Å²) < 4.78 is 15.0. The number of furan rings is 1. The third kappa shape index (κ3) is 4.73. The maximum absolute atomic E-state index is 11.3. The van der Waals surface area contributed by atoms with E-state index in [4.69, 9.17) is 9.15 Å². The van der Waals surface area contributed by atoms with Gasteiger partial charge in [0.05, 0.1) is 26.6 Å². The number of hydrogen-bond acceptors (Lipinski definition) is 5. The molecule has 0 aromatic carbocycles. The van der Waals surface area contributed by atoms with E-state index in [1.54, 1.807) is 6.07 Å². The molecule has 18 heavy (non-hydrogen) atoms. The Bertz CT molecular complexity index is 397. The summed E-state index contributed by atoms with van der Waals surface area (Å²) in [5.41, 5.74) is 1.78. The van der Waals surface area contributed by atoms with Crippen LogP contribution in [0.2, 0.25) is 0 Å². The standard InChI is InChI=1S/C13H19NO4/c1-10(2)9-17-7-5-14-8-11-4-6-18-12(11)13(15)16-3/h4,6,14H,1,5,7-9H2,2-3H3. The summed E-state index contributed by atoms with van der Waals surface area (Å²) in [5, 5.41) is 3.16. The predicted octanol–water partition coefficient (Wildman–Crippen LogP) is 1.75. The van der Waals surface area contributed by atoms with Crippen molar-refractivity contribution in [2.24, 2.45) is 0 Å². The van der Waals surface area contributed by atoms with E-state index >= 15 is 0 Å². The fraction of sp³-hybridized carbons (Fsp3) is 0.462. The van der Waals surface area contributed by atoms with Crippen molar-refractivity contribution < 1.29 is 18.7 Å². The second-order valence-electron chi connectivity index (χ2n) is 3.95. The first-order valence-corrected chi connectivity index (χ1v) is 5.72. The number of esters is 1. The van der Waals surface area contributed by atoms with E-state index in [1.165, 1.54) is 13.4 Å². The van der Waals surface area contributed by atoms with Crippen LogP contribution >= 0.6 is 0 Å². The zero-order valence-electron chi connectivity index (χ0n) is 10.8. The zero-order valence-corrected chi connectivity index (χ0v) is 10.8. The summed E-state index contributed by atoms with van der Waals surface area (Å²) in [6.07, 6.45) is 1.47. The number of hydrogen-bond donors (Lipinski definition) is 1. The molecule has 0 saturated heterocycles. The summed E-state index contributed by atoms with van der Waals surface area (Å²) in [5.74, 6) is -0.219. The molecule has 100 valence electrons. The Morgan fingerprint density at radius 2 is 2.33 bits per heavy atom. The second kappa shape index (κ2) is 7.68. The molecule has 0 saturated carbocycles.